The predicted octanol–water partition coefficient (Wildman–Crippen LogP) is 1.73. The Hall–Kier alpha value is -1.78. The molecule has 0 aliphatic heterocycles. The van der Waals surface area contributed by atoms with Crippen LogP contribution in [0.2, 0.25) is 0 Å². The largest absolute Gasteiger partial charge is 0.506 e. The summed E-state index contributed by atoms with van der Waals surface area (Å²) in [5.41, 5.74) is 0.352. The molecule has 0 aliphatic carbocycles. The Morgan fingerprint density at radius 1 is 1.62 bits per heavy atom. The summed E-state index contributed by atoms with van der Waals surface area (Å²) in [6, 6.07) is 3.87. The van der Waals surface area contributed by atoms with Crippen molar-refractivity contribution in [1.29, 1.82) is 0 Å². The molecule has 0 amide bonds. The minimum Gasteiger partial charge on any atom is -0.506 e. The second kappa shape index (κ2) is 3.75. The first-order valence-electron chi connectivity index (χ1n) is 3.86. The predicted molar refractivity (Wildman–Crippen MR) is 48.9 cm³/mol. The maximum Gasteiger partial charge on any atom is 0.271 e. The molecular weight excluding hydrogens is 172 g/mol. The fourth-order valence-electron chi connectivity index (χ4n) is 0.970. The van der Waals surface area contributed by atoms with Gasteiger partial charge in [0, 0.05) is 18.7 Å². The molecule has 1 rings (SSSR count). The number of phenols is 1. The summed E-state index contributed by atoms with van der Waals surface area (Å²) in [5.74, 6) is 0.0208. The average molecular weight is 182 g/mol. The van der Waals surface area contributed by atoms with E-state index in [4.69, 9.17) is 0 Å². The number of nitrogens with zero attached hydrogens (tertiary/aromatic N) is 1. The monoisotopic (exact) mass is 182 g/mol. The van der Waals surface area contributed by atoms with Gasteiger partial charge in [-0.3, -0.25) is 10.1 Å². The van der Waals surface area contributed by atoms with Crippen molar-refractivity contribution in [3.63, 3.8) is 0 Å². The molecule has 70 valence electrons. The fraction of sp³-hybridized carbons (Fsp3) is 0.250. The second-order valence-corrected chi connectivity index (χ2v) is 2.49. The van der Waals surface area contributed by atoms with E-state index in [1.807, 2.05) is 6.92 Å². The maximum absolute atomic E-state index is 10.4. The van der Waals surface area contributed by atoms with E-state index in [2.05, 4.69) is 5.32 Å². The van der Waals surface area contributed by atoms with Crippen LogP contribution in [0.3, 0.4) is 0 Å². The van der Waals surface area contributed by atoms with Gasteiger partial charge in [0.25, 0.3) is 5.69 Å². The zero-order valence-electron chi connectivity index (χ0n) is 7.15. The lowest BCUT2D eigenvalue weighted by Gasteiger charge is -2.04. The summed E-state index contributed by atoms with van der Waals surface area (Å²) < 4.78 is 0. The highest BCUT2D eigenvalue weighted by Crippen LogP contribution is 2.27. The third-order valence-electron chi connectivity index (χ3n) is 1.56. The van der Waals surface area contributed by atoms with Crippen LogP contribution >= 0.6 is 0 Å². The van der Waals surface area contributed by atoms with E-state index >= 15 is 0 Å². The van der Waals surface area contributed by atoms with Crippen LogP contribution in [0.4, 0.5) is 11.4 Å². The summed E-state index contributed by atoms with van der Waals surface area (Å²) in [6.45, 7) is 2.45. The van der Waals surface area contributed by atoms with Crippen molar-refractivity contribution in [1.82, 2.24) is 0 Å². The van der Waals surface area contributed by atoms with E-state index < -0.39 is 4.92 Å². The lowest BCUT2D eigenvalue weighted by molar-refractivity contribution is -0.384. The van der Waals surface area contributed by atoms with Gasteiger partial charge in [-0.15, -0.1) is 0 Å². The third kappa shape index (κ3) is 2.08. The zero-order chi connectivity index (χ0) is 9.84. The maximum atomic E-state index is 10.4. The van der Waals surface area contributed by atoms with E-state index in [1.54, 1.807) is 0 Å². The average Bonchev–Trinajstić information content (AvgIpc) is 2.08. The molecule has 1 aromatic rings. The molecule has 0 fully saturated rings. The van der Waals surface area contributed by atoms with Crippen molar-refractivity contribution >= 4 is 11.4 Å². The first-order chi connectivity index (χ1) is 6.15. The molecule has 5 nitrogen and oxygen atoms in total. The molecule has 5 heteroatoms. The minimum atomic E-state index is -0.500. The fourth-order valence-corrected chi connectivity index (χ4v) is 0.970. The lowest BCUT2D eigenvalue weighted by Crippen LogP contribution is -1.97. The number of aromatic hydroxyl groups is 1. The van der Waals surface area contributed by atoms with E-state index in [9.17, 15) is 15.2 Å². The van der Waals surface area contributed by atoms with Gasteiger partial charge in [-0.25, -0.2) is 0 Å². The van der Waals surface area contributed by atoms with Crippen LogP contribution < -0.4 is 5.32 Å². The molecule has 0 aromatic heterocycles. The van der Waals surface area contributed by atoms with Gasteiger partial charge in [-0.05, 0) is 13.0 Å². The molecule has 0 spiro atoms. The molecule has 0 saturated carbocycles. The number of hydrogen-bond acceptors (Lipinski definition) is 4. The number of hydrogen-bond donors (Lipinski definition) is 2. The van der Waals surface area contributed by atoms with Crippen molar-refractivity contribution in [3.05, 3.63) is 28.3 Å². The zero-order valence-corrected chi connectivity index (χ0v) is 7.15. The van der Waals surface area contributed by atoms with Crippen LogP contribution in [0, 0.1) is 10.1 Å². The number of nitro benzene ring substituents is 1. The van der Waals surface area contributed by atoms with Crippen LogP contribution in [0.5, 0.6) is 5.75 Å². The van der Waals surface area contributed by atoms with Crippen molar-refractivity contribution in [2.75, 3.05) is 11.9 Å². The van der Waals surface area contributed by atoms with E-state index in [-0.39, 0.29) is 11.4 Å². The summed E-state index contributed by atoms with van der Waals surface area (Å²) in [7, 11) is 0. The molecule has 0 heterocycles. The van der Waals surface area contributed by atoms with Gasteiger partial charge in [-0.1, -0.05) is 0 Å². The number of non-ortho nitro benzene ring substituents is 1. The number of nitro groups is 1. The van der Waals surface area contributed by atoms with Crippen LogP contribution in [0.1, 0.15) is 6.92 Å². The minimum absolute atomic E-state index is 0.0208. The first-order valence-corrected chi connectivity index (χ1v) is 3.86. The van der Waals surface area contributed by atoms with Gasteiger partial charge in [0.15, 0.2) is 0 Å². The highest BCUT2D eigenvalue weighted by Gasteiger charge is 2.08. The quantitative estimate of drug-likeness (QED) is 0.424. The Bertz CT molecular complexity index is 325. The number of nitrogens with one attached hydrogen (secondary N) is 1. The standard InChI is InChI=1S/C8H10N2O3/c1-2-9-7-5-6(10(12)13)3-4-8(7)11/h3-5,9,11H,2H2,1H3. The van der Waals surface area contributed by atoms with Crippen molar-refractivity contribution < 1.29 is 10.0 Å². The van der Waals surface area contributed by atoms with Crippen molar-refractivity contribution in [2.45, 2.75) is 6.92 Å². The first kappa shape index (κ1) is 9.31. The summed E-state index contributed by atoms with van der Waals surface area (Å²) in [6.07, 6.45) is 0. The molecule has 2 N–H and O–H groups in total. The van der Waals surface area contributed by atoms with E-state index in [0.717, 1.165) is 0 Å². The molecule has 0 radical (unpaired) electrons. The molecule has 0 unspecified atom stereocenters. The van der Waals surface area contributed by atoms with Crippen molar-refractivity contribution in [3.8, 4) is 5.75 Å². The van der Waals surface area contributed by atoms with Gasteiger partial charge in [0.2, 0.25) is 0 Å². The van der Waals surface area contributed by atoms with Crippen LogP contribution in [-0.2, 0) is 0 Å². The Morgan fingerprint density at radius 3 is 2.85 bits per heavy atom. The molecule has 0 atom stereocenters. The Balaban J connectivity index is 3.03. The van der Waals surface area contributed by atoms with E-state index in [0.29, 0.717) is 12.2 Å². The summed E-state index contributed by atoms with van der Waals surface area (Å²) in [5, 5.41) is 22.4. The normalized spacial score (nSPS) is 9.62. The van der Waals surface area contributed by atoms with Crippen LogP contribution in [0.25, 0.3) is 0 Å². The topological polar surface area (TPSA) is 75.4 Å². The van der Waals surface area contributed by atoms with Gasteiger partial charge < -0.3 is 10.4 Å². The number of benzene rings is 1. The molecule has 13 heavy (non-hydrogen) atoms. The van der Waals surface area contributed by atoms with Crippen LogP contribution in [0.15, 0.2) is 18.2 Å². The number of phenolic OH excluding ortho intramolecular Hbond substituents is 1. The van der Waals surface area contributed by atoms with Crippen molar-refractivity contribution in [2.24, 2.45) is 0 Å². The Kier molecular flexibility index (Phi) is 2.69. The summed E-state index contributed by atoms with van der Waals surface area (Å²) >= 11 is 0. The SMILES string of the molecule is CCNc1cc([N+](=O)[O-])ccc1O. The number of anilines is 1. The van der Waals surface area contributed by atoms with Gasteiger partial charge in [0.05, 0.1) is 10.6 Å². The third-order valence-corrected chi connectivity index (χ3v) is 1.56. The molecule has 0 saturated heterocycles. The highest BCUT2D eigenvalue weighted by atomic mass is 16.6. The van der Waals surface area contributed by atoms with E-state index in [1.165, 1.54) is 18.2 Å². The molecule has 0 bridgehead atoms. The van der Waals surface area contributed by atoms with Gasteiger partial charge >= 0.3 is 0 Å². The lowest BCUT2D eigenvalue weighted by atomic mass is 10.2. The van der Waals surface area contributed by atoms with Crippen LogP contribution in [-0.4, -0.2) is 16.6 Å². The van der Waals surface area contributed by atoms with Gasteiger partial charge in [-0.2, -0.15) is 0 Å². The van der Waals surface area contributed by atoms with Gasteiger partial charge in [0.1, 0.15) is 5.75 Å². The second-order valence-electron chi connectivity index (χ2n) is 2.49. The summed E-state index contributed by atoms with van der Waals surface area (Å²) in [4.78, 5) is 9.87. The Labute approximate surface area is 75.2 Å². The Morgan fingerprint density at radius 2 is 2.31 bits per heavy atom. The molecular formula is C8H10N2O3. The highest BCUT2D eigenvalue weighted by molar-refractivity contribution is 5.60. The smallest absolute Gasteiger partial charge is 0.271 e. The molecule has 0 aliphatic rings. The number of rotatable bonds is 3. The molecule has 1 aromatic carbocycles.